The number of aromatic hydroxyl groups is 1. The lowest BCUT2D eigenvalue weighted by Crippen LogP contribution is -2.65. The van der Waals surface area contributed by atoms with Crippen LogP contribution in [0.2, 0.25) is 0 Å². The smallest absolute Gasteiger partial charge is 0.255 e. The fourth-order valence-corrected chi connectivity index (χ4v) is 7.21. The number of phenolic OH excluding ortho intramolecular Hbond substituents is 1. The van der Waals surface area contributed by atoms with E-state index in [0.717, 1.165) is 24.0 Å². The minimum absolute atomic E-state index is 0.0573. The second-order valence-electron chi connectivity index (χ2n) is 11.8. The van der Waals surface area contributed by atoms with E-state index in [2.05, 4.69) is 4.90 Å². The molecule has 0 unspecified atom stereocenters. The number of likely N-dealkylation sites (N-methyl/N-ethyl adjacent to an activating group) is 1. The Labute approximate surface area is 236 Å². The second kappa shape index (κ2) is 9.38. The molecule has 11 heteroatoms. The number of likely N-dealkylation sites (tertiary alicyclic amines) is 1. The largest absolute Gasteiger partial charge is 0.508 e. The normalized spacial score (nSPS) is 28.6. The lowest BCUT2D eigenvalue weighted by Gasteiger charge is -2.50. The summed E-state index contributed by atoms with van der Waals surface area (Å²) in [7, 11) is 4.83. The molecule has 1 heterocycles. The maximum Gasteiger partial charge on any atom is 0.255 e. The van der Waals surface area contributed by atoms with Crippen LogP contribution in [0.4, 0.5) is 0 Å². The Morgan fingerprint density at radius 2 is 1.88 bits per heavy atom. The maximum atomic E-state index is 14.0. The predicted molar refractivity (Wildman–Crippen MR) is 148 cm³/mol. The number of amides is 1. The van der Waals surface area contributed by atoms with E-state index in [1.807, 2.05) is 24.3 Å². The number of hydrogen-bond donors (Lipinski definition) is 5. The molecule has 4 atom stereocenters. The summed E-state index contributed by atoms with van der Waals surface area (Å²) in [6.45, 7) is 2.28. The van der Waals surface area contributed by atoms with Crippen LogP contribution < -0.4 is 5.73 Å². The van der Waals surface area contributed by atoms with Gasteiger partial charge in [-0.15, -0.1) is 0 Å². The van der Waals surface area contributed by atoms with Gasteiger partial charge in [-0.1, -0.05) is 18.2 Å². The summed E-state index contributed by atoms with van der Waals surface area (Å²) < 4.78 is 5.34. The van der Waals surface area contributed by atoms with E-state index in [1.54, 1.807) is 21.2 Å². The van der Waals surface area contributed by atoms with Crippen molar-refractivity contribution in [2.75, 3.05) is 34.3 Å². The number of benzene rings is 2. The quantitative estimate of drug-likeness (QED) is 0.330. The highest BCUT2D eigenvalue weighted by Gasteiger charge is 2.64. The zero-order valence-electron chi connectivity index (χ0n) is 23.0. The molecule has 4 aliphatic rings. The Morgan fingerprint density at radius 1 is 1.17 bits per heavy atom. The van der Waals surface area contributed by atoms with Crippen molar-refractivity contribution >= 4 is 34.0 Å². The molecule has 1 amide bonds. The predicted octanol–water partition coefficient (Wildman–Crippen LogP) is 0.948. The van der Waals surface area contributed by atoms with Crippen LogP contribution in [0.25, 0.3) is 16.5 Å². The van der Waals surface area contributed by atoms with Gasteiger partial charge in [-0.2, -0.15) is 0 Å². The highest BCUT2D eigenvalue weighted by Crippen LogP contribution is 2.53. The van der Waals surface area contributed by atoms with E-state index >= 15 is 0 Å². The number of primary amides is 1. The Morgan fingerprint density at radius 3 is 2.51 bits per heavy atom. The van der Waals surface area contributed by atoms with E-state index in [-0.39, 0.29) is 35.8 Å². The topological polar surface area (TPSA) is 174 Å². The number of ether oxygens (including phenoxy) is 1. The summed E-state index contributed by atoms with van der Waals surface area (Å²) in [4.78, 5) is 43.0. The molecule has 6 rings (SSSR count). The van der Waals surface area contributed by atoms with Crippen LogP contribution in [-0.4, -0.2) is 99.7 Å². The van der Waals surface area contributed by atoms with Gasteiger partial charge < -0.3 is 30.9 Å². The SMILES string of the molecule is COC1CN(Cc2ccc3cc4c(c(O)c3c2)C(O)=C2C(=O)[C@]3(O)C(O)=C(C(N)=O)C(=O)[C@@H](N(C)C)[C@@H]3C[C@@H]2C4)C1. The van der Waals surface area contributed by atoms with Gasteiger partial charge in [-0.3, -0.25) is 24.2 Å². The third kappa shape index (κ3) is 3.83. The van der Waals surface area contributed by atoms with Crippen LogP contribution in [0.1, 0.15) is 23.1 Å². The number of hydrogen-bond acceptors (Lipinski definition) is 10. The number of ketones is 2. The van der Waals surface area contributed by atoms with Crippen molar-refractivity contribution in [2.45, 2.75) is 37.1 Å². The first-order valence-electron chi connectivity index (χ1n) is 13.6. The zero-order chi connectivity index (χ0) is 29.5. The molecule has 11 nitrogen and oxygen atoms in total. The number of rotatable bonds is 5. The number of methoxy groups -OCH3 is 1. The molecule has 0 aromatic heterocycles. The van der Waals surface area contributed by atoms with Crippen molar-refractivity contribution in [1.82, 2.24) is 9.80 Å². The molecule has 3 aliphatic carbocycles. The lowest BCUT2D eigenvalue weighted by molar-refractivity contribution is -0.153. The molecule has 6 N–H and O–H groups in total. The minimum Gasteiger partial charge on any atom is -0.508 e. The van der Waals surface area contributed by atoms with Gasteiger partial charge in [0.25, 0.3) is 5.91 Å². The first-order valence-corrected chi connectivity index (χ1v) is 13.6. The number of carbonyl (C=O) groups is 3. The number of phenols is 1. The molecule has 1 saturated carbocycles. The highest BCUT2D eigenvalue weighted by atomic mass is 16.5. The van der Waals surface area contributed by atoms with E-state index < -0.39 is 58.0 Å². The summed E-state index contributed by atoms with van der Waals surface area (Å²) in [6, 6.07) is 6.51. The number of aliphatic hydroxyl groups is 3. The zero-order valence-corrected chi connectivity index (χ0v) is 23.0. The number of Topliss-reactive ketones (excluding diaryl/α,β-unsaturated/α-hetero) is 2. The fourth-order valence-electron chi connectivity index (χ4n) is 7.21. The molecule has 0 radical (unpaired) electrons. The van der Waals surface area contributed by atoms with Crippen LogP contribution in [0.15, 0.2) is 41.2 Å². The molecular formula is C30H33N3O8. The second-order valence-corrected chi connectivity index (χ2v) is 11.8. The number of nitrogens with zero attached hydrogens (tertiary/aromatic N) is 2. The Kier molecular flexibility index (Phi) is 6.27. The van der Waals surface area contributed by atoms with Gasteiger partial charge >= 0.3 is 0 Å². The molecule has 216 valence electrons. The van der Waals surface area contributed by atoms with Crippen LogP contribution in [0.5, 0.6) is 5.75 Å². The van der Waals surface area contributed by atoms with Crippen molar-refractivity contribution in [3.8, 4) is 5.75 Å². The molecule has 2 aromatic rings. The minimum atomic E-state index is -2.65. The summed E-state index contributed by atoms with van der Waals surface area (Å²) >= 11 is 0. The van der Waals surface area contributed by atoms with Crippen LogP contribution >= 0.6 is 0 Å². The number of nitrogens with two attached hydrogens (primary N) is 1. The molecule has 2 aromatic carbocycles. The summed E-state index contributed by atoms with van der Waals surface area (Å²) in [5, 5.41) is 46.9. The lowest BCUT2D eigenvalue weighted by atomic mass is 9.57. The standard InChI is InChI=1S/C30H33N3O8/c1-32(2)23-19-9-16-8-15-7-14-5-4-13(10-33-11-17(12-33)41-3)6-18(14)24(34)20(15)25(35)21(16)27(37)30(19,40)28(38)22(26(23)36)29(31)39/h4-7,16-17,19,23,34-35,38,40H,8-12H2,1-3H3,(H2,31,39)/t16-,19-,23-,30-/m0/s1. The van der Waals surface area contributed by atoms with Crippen LogP contribution in [-0.2, 0) is 32.1 Å². The van der Waals surface area contributed by atoms with E-state index in [1.165, 1.54) is 4.90 Å². The van der Waals surface area contributed by atoms with E-state index in [0.29, 0.717) is 17.5 Å². The molecule has 1 saturated heterocycles. The van der Waals surface area contributed by atoms with Crippen molar-refractivity contribution in [2.24, 2.45) is 17.6 Å². The first kappa shape index (κ1) is 27.4. The maximum absolute atomic E-state index is 14.0. The van der Waals surface area contributed by atoms with Gasteiger partial charge in [-0.25, -0.2) is 0 Å². The first-order chi connectivity index (χ1) is 19.4. The van der Waals surface area contributed by atoms with Gasteiger partial charge in [0.05, 0.1) is 17.7 Å². The van der Waals surface area contributed by atoms with Gasteiger partial charge in [0, 0.05) is 43.6 Å². The number of aliphatic hydroxyl groups excluding tert-OH is 2. The van der Waals surface area contributed by atoms with Crippen LogP contribution in [0.3, 0.4) is 0 Å². The summed E-state index contributed by atoms with van der Waals surface area (Å²) in [5.74, 6) is -6.52. The molecule has 0 spiro atoms. The third-order valence-electron chi connectivity index (χ3n) is 9.25. The Balaban J connectivity index is 1.45. The third-order valence-corrected chi connectivity index (χ3v) is 9.25. The Hall–Kier alpha value is -3.77. The van der Waals surface area contributed by atoms with Crippen molar-refractivity contribution < 1.29 is 39.5 Å². The van der Waals surface area contributed by atoms with E-state index in [4.69, 9.17) is 10.5 Å². The van der Waals surface area contributed by atoms with Gasteiger partial charge in [-0.05, 0) is 55.4 Å². The molecule has 0 bridgehead atoms. The van der Waals surface area contributed by atoms with E-state index in [9.17, 15) is 34.8 Å². The average Bonchev–Trinajstić information content (AvgIpc) is 2.88. The molecule has 41 heavy (non-hydrogen) atoms. The summed E-state index contributed by atoms with van der Waals surface area (Å²) in [5.41, 5.74) is 3.42. The van der Waals surface area contributed by atoms with Crippen molar-refractivity contribution in [3.05, 3.63) is 57.9 Å². The number of carbonyl (C=O) groups excluding carboxylic acids is 3. The van der Waals surface area contributed by atoms with Gasteiger partial charge in [0.2, 0.25) is 5.78 Å². The summed E-state index contributed by atoms with van der Waals surface area (Å²) in [6.07, 6.45) is 0.520. The molecule has 2 fully saturated rings. The van der Waals surface area contributed by atoms with Gasteiger partial charge in [0.1, 0.15) is 22.8 Å². The fraction of sp³-hybridized carbons (Fsp3) is 0.433. The highest BCUT2D eigenvalue weighted by molar-refractivity contribution is 6.24. The molecular weight excluding hydrogens is 530 g/mol. The van der Waals surface area contributed by atoms with Gasteiger partial charge in [0.15, 0.2) is 11.4 Å². The Bertz CT molecular complexity index is 1590. The van der Waals surface area contributed by atoms with Crippen LogP contribution in [0, 0.1) is 11.8 Å². The average molecular weight is 564 g/mol. The molecule has 1 aliphatic heterocycles. The van der Waals surface area contributed by atoms with Crippen molar-refractivity contribution in [1.29, 1.82) is 0 Å². The monoisotopic (exact) mass is 563 g/mol. The number of fused-ring (bicyclic) bond motifs is 4. The van der Waals surface area contributed by atoms with Crippen molar-refractivity contribution in [3.63, 3.8) is 0 Å².